The number of aryl methyl sites for hydroxylation is 1. The summed E-state index contributed by atoms with van der Waals surface area (Å²) < 4.78 is 56.7. The number of benzene rings is 5. The molecule has 0 aliphatic carbocycles. The predicted molar refractivity (Wildman–Crippen MR) is 329 cm³/mol. The third-order valence-corrected chi connectivity index (χ3v) is 20.7. The molecule has 0 radical (unpaired) electrons. The largest absolute Gasteiger partial charge is 0.493 e. The molecule has 4 aliphatic rings. The summed E-state index contributed by atoms with van der Waals surface area (Å²) in [6.45, 7) is 2.60. The van der Waals surface area contributed by atoms with E-state index >= 15 is 0 Å². The molecule has 21 nitrogen and oxygen atoms in total. The minimum atomic E-state index is -4.17. The molecular weight excluding hydrogens is 1160 g/mol. The average Bonchev–Trinajstić information content (AvgIpc) is 1.82. The van der Waals surface area contributed by atoms with Crippen LogP contribution in [0.1, 0.15) is 100 Å². The highest BCUT2D eigenvalue weighted by atomic mass is 33.1. The molecule has 24 heteroatoms. The van der Waals surface area contributed by atoms with E-state index in [0.29, 0.717) is 70.8 Å². The highest BCUT2D eigenvalue weighted by Crippen LogP contribution is 2.44. The molecule has 4 heterocycles. The maximum atomic E-state index is 14.5. The topological polar surface area (TPSA) is 266 Å². The lowest BCUT2D eigenvalue weighted by Crippen LogP contribution is -2.47. The molecule has 4 aliphatic heterocycles. The molecule has 5 aromatic rings. The highest BCUT2D eigenvalue weighted by molar-refractivity contribution is 8.77. The van der Waals surface area contributed by atoms with Crippen molar-refractivity contribution < 1.29 is 65.1 Å². The first-order chi connectivity index (χ1) is 41.3. The van der Waals surface area contributed by atoms with Gasteiger partial charge in [0, 0.05) is 64.6 Å². The van der Waals surface area contributed by atoms with Crippen molar-refractivity contribution in [3.8, 4) is 23.0 Å². The smallest absolute Gasteiger partial charge is 0.272 e. The van der Waals surface area contributed by atoms with Gasteiger partial charge in [0.1, 0.15) is 18.5 Å². The van der Waals surface area contributed by atoms with Gasteiger partial charge < -0.3 is 55.3 Å². The lowest BCUT2D eigenvalue weighted by atomic mass is 9.99. The number of amides is 7. The van der Waals surface area contributed by atoms with Crippen molar-refractivity contribution in [3.05, 3.63) is 136 Å². The average molecular weight is 1230 g/mol. The van der Waals surface area contributed by atoms with Gasteiger partial charge >= 0.3 is 0 Å². The van der Waals surface area contributed by atoms with Crippen LogP contribution in [0.15, 0.2) is 91.0 Å². The quantitative estimate of drug-likeness (QED) is 0.0222. The molecule has 5 N–H and O–H groups in total. The van der Waals surface area contributed by atoms with Crippen LogP contribution in [0.4, 0.5) is 17.1 Å². The van der Waals surface area contributed by atoms with Gasteiger partial charge in [0.25, 0.3) is 21.9 Å². The van der Waals surface area contributed by atoms with E-state index in [1.807, 2.05) is 55.1 Å². The number of methoxy groups -OCH3 is 2. The van der Waals surface area contributed by atoms with Crippen molar-refractivity contribution in [1.29, 1.82) is 0 Å². The molecule has 0 fully saturated rings. The van der Waals surface area contributed by atoms with Crippen molar-refractivity contribution in [2.24, 2.45) is 0 Å². The van der Waals surface area contributed by atoms with Gasteiger partial charge in [-0.05, 0) is 147 Å². The van der Waals surface area contributed by atoms with Gasteiger partial charge in [-0.15, -0.1) is 0 Å². The number of carbonyl (C=O) groups excluding carboxylic acids is 7. The van der Waals surface area contributed by atoms with E-state index in [0.717, 1.165) is 54.5 Å². The molecule has 0 saturated carbocycles. The third-order valence-electron chi connectivity index (χ3n) is 15.6. The molecule has 86 heavy (non-hydrogen) atoms. The highest BCUT2D eigenvalue weighted by Gasteiger charge is 2.48. The normalized spacial score (nSPS) is 16.6. The zero-order valence-electron chi connectivity index (χ0n) is 48.8. The van der Waals surface area contributed by atoms with E-state index in [1.54, 1.807) is 77.2 Å². The first-order valence-corrected chi connectivity index (χ1v) is 32.1. The Labute approximate surface area is 508 Å². The second kappa shape index (κ2) is 27.7. The number of anilines is 3. The second-order valence-electron chi connectivity index (χ2n) is 21.9. The van der Waals surface area contributed by atoms with Crippen LogP contribution in [0.5, 0.6) is 23.0 Å². The Morgan fingerprint density at radius 3 is 1.80 bits per heavy atom. The van der Waals surface area contributed by atoms with Crippen LogP contribution < -0.4 is 55.3 Å². The van der Waals surface area contributed by atoms with Gasteiger partial charge in [0.2, 0.25) is 29.5 Å². The Morgan fingerprint density at radius 2 is 1.19 bits per heavy atom. The zero-order chi connectivity index (χ0) is 61.3. The van der Waals surface area contributed by atoms with Crippen molar-refractivity contribution in [1.82, 2.24) is 21.3 Å². The van der Waals surface area contributed by atoms with Gasteiger partial charge in [0.05, 0.1) is 47.0 Å². The van der Waals surface area contributed by atoms with Crippen LogP contribution in [0.3, 0.4) is 0 Å². The van der Waals surface area contributed by atoms with Gasteiger partial charge in [-0.2, -0.15) is 8.42 Å². The number of para-hydroxylation sites is 2. The van der Waals surface area contributed by atoms with E-state index in [4.69, 9.17) is 23.1 Å². The molecular formula is C62H71N7O14S3. The molecule has 9 rings (SSSR count). The molecule has 0 aromatic heterocycles. The number of nitrogens with zero attached hydrogens (tertiary/aromatic N) is 2. The SMILES string of the molecule is CNC(=O)CCCSSC(C)(C)CCC(=O)NCC(=O)NCC(=O)NCC(=O)Nc1cc(COc2cc3c(cc2OC)C(=O)N2c4ccccc4C[C@H]2CC3)cc(COc2cc3c(cc2OC)C(=O)N2c4ccccc4C[C@H]2C(S(=O)(=O)OC)C3)c1. The zero-order valence-corrected chi connectivity index (χ0v) is 51.3. The van der Waals surface area contributed by atoms with E-state index in [-0.39, 0.29) is 78.2 Å². The number of hydrogen-bond acceptors (Lipinski definition) is 16. The Bertz CT molecular complexity index is 3540. The fourth-order valence-corrected chi connectivity index (χ4v) is 15.1. The molecule has 7 amide bonds. The first-order valence-electron chi connectivity index (χ1n) is 28.3. The predicted octanol–water partition coefficient (Wildman–Crippen LogP) is 6.61. The summed E-state index contributed by atoms with van der Waals surface area (Å²) in [6, 6.07) is 26.4. The standard InChI is InChI=1S/C62H71N7O14S3/c1-62(2,85-84-21-11-16-55(70)63-3)20-19-56(71)64-32-57(72)65-33-58(73)66-34-59(74)67-43-23-37(35-82-52-27-39-17-18-44-25-40-12-7-9-14-47(40)68(44)60(75)45(39)30-50(52)79-4)22-38(24-43)36-83-53-28-42-29-54(86(77,78)81-6)49-26-41-13-8-10-15-48(41)69(49)61(76)46(42)31-51(53)80-5/h7-10,12-15,22-24,27-28,30-31,44,49,54H,11,16-21,25-26,29,32-36H2,1-6H3,(H,63,70)(H,64,71)(H,65,72)(H,66,73)(H,67,74)/t44-,49+,54?/m1/s1. The maximum absolute atomic E-state index is 14.5. The van der Waals surface area contributed by atoms with Crippen molar-refractivity contribution in [2.45, 2.75) is 107 Å². The van der Waals surface area contributed by atoms with E-state index in [9.17, 15) is 42.0 Å². The van der Waals surface area contributed by atoms with Gasteiger partial charge in [-0.25, -0.2) is 0 Å². The lowest BCUT2D eigenvalue weighted by Gasteiger charge is -2.28. The molecule has 456 valence electrons. The second-order valence-corrected chi connectivity index (χ2v) is 27.0. The van der Waals surface area contributed by atoms with Crippen LogP contribution in [-0.2, 0) is 77.2 Å². The van der Waals surface area contributed by atoms with Crippen LogP contribution in [0.2, 0.25) is 0 Å². The number of nitrogens with one attached hydrogen (secondary N) is 5. The van der Waals surface area contributed by atoms with Crippen LogP contribution in [0.25, 0.3) is 0 Å². The van der Waals surface area contributed by atoms with E-state index < -0.39 is 58.1 Å². The van der Waals surface area contributed by atoms with Crippen LogP contribution in [0, 0.1) is 0 Å². The van der Waals surface area contributed by atoms with Crippen molar-refractivity contribution in [3.63, 3.8) is 0 Å². The number of rotatable bonds is 26. The van der Waals surface area contributed by atoms with Crippen LogP contribution in [-0.4, -0.2) is 126 Å². The van der Waals surface area contributed by atoms with Crippen molar-refractivity contribution >= 4 is 90.1 Å². The number of carbonyl (C=O) groups is 7. The molecule has 0 bridgehead atoms. The molecule has 3 atom stereocenters. The minimum Gasteiger partial charge on any atom is -0.493 e. The summed E-state index contributed by atoms with van der Waals surface area (Å²) in [6.07, 6.45) is 4.31. The fraction of sp³-hybridized carbons (Fsp3) is 0.403. The first kappa shape index (κ1) is 62.7. The molecule has 0 saturated heterocycles. The maximum Gasteiger partial charge on any atom is 0.272 e. The Morgan fingerprint density at radius 1 is 0.628 bits per heavy atom. The summed E-state index contributed by atoms with van der Waals surface area (Å²) >= 11 is 0. The summed E-state index contributed by atoms with van der Waals surface area (Å²) in [5.41, 5.74) is 6.94. The third kappa shape index (κ3) is 14.9. The van der Waals surface area contributed by atoms with Gasteiger partial charge in [-0.1, -0.05) is 58.0 Å². The van der Waals surface area contributed by atoms with E-state index in [1.165, 1.54) is 19.1 Å². The summed E-state index contributed by atoms with van der Waals surface area (Å²) in [7, 11) is 4.76. The monoisotopic (exact) mass is 1230 g/mol. The minimum absolute atomic E-state index is 0.00509. The summed E-state index contributed by atoms with van der Waals surface area (Å²) in [5.74, 6) is -0.727. The number of ether oxygens (including phenoxy) is 4. The Kier molecular flexibility index (Phi) is 20.2. The Hall–Kier alpha value is -7.80. The summed E-state index contributed by atoms with van der Waals surface area (Å²) in [5, 5.41) is 11.9. The van der Waals surface area contributed by atoms with Crippen molar-refractivity contribution in [2.75, 3.05) is 68.9 Å². The summed E-state index contributed by atoms with van der Waals surface area (Å²) in [4.78, 5) is 95.2. The van der Waals surface area contributed by atoms with Gasteiger partial charge in [-0.3, -0.25) is 37.7 Å². The number of fused-ring (bicyclic) bond motifs is 8. The number of hydrogen-bond donors (Lipinski definition) is 5. The van der Waals surface area contributed by atoms with Crippen LogP contribution >= 0.6 is 21.6 Å². The molecule has 1 unspecified atom stereocenters. The van der Waals surface area contributed by atoms with E-state index in [2.05, 4.69) is 32.7 Å². The van der Waals surface area contributed by atoms with Gasteiger partial charge in [0.15, 0.2) is 23.0 Å². The Balaban J connectivity index is 0.872. The molecule has 0 spiro atoms. The lowest BCUT2D eigenvalue weighted by molar-refractivity contribution is -0.128. The molecule has 5 aromatic carbocycles. The fourth-order valence-electron chi connectivity index (χ4n) is 11.2.